The Kier molecular flexibility index (Phi) is 3.48. The third kappa shape index (κ3) is 2.96. The molecule has 0 spiro atoms. The normalized spacial score (nSPS) is 21.4. The second-order valence-electron chi connectivity index (χ2n) is 7.86. The number of carbonyl (C=O) groups excluding carboxylic acids is 1. The number of hydrogen-bond donors (Lipinski definition) is 1. The lowest BCUT2D eigenvalue weighted by atomic mass is 9.76. The molecule has 0 saturated carbocycles. The SMILES string of the molecule is CC1(C)CC(=O)C(C#N)=C(Nc2cccc3c2OC(C)(C)C3)C1. The summed E-state index contributed by atoms with van der Waals surface area (Å²) in [6, 6.07) is 8.05. The van der Waals surface area contributed by atoms with Crippen LogP contribution in [0.15, 0.2) is 29.5 Å². The van der Waals surface area contributed by atoms with Crippen molar-refractivity contribution in [1.29, 1.82) is 5.26 Å². The molecule has 120 valence electrons. The van der Waals surface area contributed by atoms with Crippen molar-refractivity contribution in [3.8, 4) is 11.8 Å². The number of nitrogens with one attached hydrogen (secondary N) is 1. The number of allylic oxidation sites excluding steroid dienone is 2. The number of ether oxygens (including phenoxy) is 1. The van der Waals surface area contributed by atoms with Gasteiger partial charge in [0.05, 0.1) is 5.69 Å². The van der Waals surface area contributed by atoms with Crippen molar-refractivity contribution in [3.63, 3.8) is 0 Å². The van der Waals surface area contributed by atoms with Crippen molar-refractivity contribution in [1.82, 2.24) is 0 Å². The van der Waals surface area contributed by atoms with Gasteiger partial charge >= 0.3 is 0 Å². The van der Waals surface area contributed by atoms with Crippen LogP contribution in [0.5, 0.6) is 5.75 Å². The third-order valence-corrected chi connectivity index (χ3v) is 4.36. The summed E-state index contributed by atoms with van der Waals surface area (Å²) < 4.78 is 6.06. The quantitative estimate of drug-likeness (QED) is 0.897. The minimum Gasteiger partial charge on any atom is -0.485 e. The molecule has 1 aliphatic heterocycles. The summed E-state index contributed by atoms with van der Waals surface area (Å²) >= 11 is 0. The number of Topliss-reactive ketones (excluding diaryl/α,β-unsaturated/α-hetero) is 1. The summed E-state index contributed by atoms with van der Waals surface area (Å²) in [5.41, 5.74) is 2.57. The van der Waals surface area contributed by atoms with Crippen LogP contribution in [0.1, 0.15) is 46.1 Å². The zero-order valence-corrected chi connectivity index (χ0v) is 14.1. The van der Waals surface area contributed by atoms with Gasteiger partial charge < -0.3 is 10.1 Å². The van der Waals surface area contributed by atoms with E-state index in [1.54, 1.807) is 0 Å². The largest absolute Gasteiger partial charge is 0.485 e. The fourth-order valence-corrected chi connectivity index (χ4v) is 3.43. The zero-order chi connectivity index (χ0) is 16.8. The molecule has 23 heavy (non-hydrogen) atoms. The standard InChI is InChI=1S/C19H22N2O2/c1-18(2)9-15(13(11-20)16(22)10-18)21-14-7-5-6-12-8-19(3,4)23-17(12)14/h5-7,21H,8-10H2,1-4H3. The number of fused-ring (bicyclic) bond motifs is 1. The van der Waals surface area contributed by atoms with Crippen LogP contribution < -0.4 is 10.1 Å². The summed E-state index contributed by atoms with van der Waals surface area (Å²) in [5, 5.41) is 12.7. The Morgan fingerprint density at radius 1 is 1.17 bits per heavy atom. The number of hydrogen-bond acceptors (Lipinski definition) is 4. The fraction of sp³-hybridized carbons (Fsp3) is 0.474. The van der Waals surface area contributed by atoms with E-state index in [4.69, 9.17) is 4.74 Å². The van der Waals surface area contributed by atoms with E-state index in [-0.39, 0.29) is 22.4 Å². The van der Waals surface area contributed by atoms with Crippen molar-refractivity contribution in [2.24, 2.45) is 5.41 Å². The number of benzene rings is 1. The summed E-state index contributed by atoms with van der Waals surface area (Å²) in [6.45, 7) is 8.22. The molecular weight excluding hydrogens is 288 g/mol. The molecule has 4 heteroatoms. The molecule has 1 N–H and O–H groups in total. The summed E-state index contributed by atoms with van der Waals surface area (Å²) in [7, 11) is 0. The van der Waals surface area contributed by atoms with Gasteiger partial charge in [0.15, 0.2) is 5.78 Å². The average Bonchev–Trinajstić information content (AvgIpc) is 2.72. The topological polar surface area (TPSA) is 62.1 Å². The number of rotatable bonds is 2. The van der Waals surface area contributed by atoms with Crippen LogP contribution in [-0.4, -0.2) is 11.4 Å². The van der Waals surface area contributed by atoms with Crippen LogP contribution in [0.2, 0.25) is 0 Å². The highest BCUT2D eigenvalue weighted by Crippen LogP contribution is 2.43. The number of anilines is 1. The lowest BCUT2D eigenvalue weighted by Crippen LogP contribution is -2.28. The van der Waals surface area contributed by atoms with Gasteiger partial charge in [-0.15, -0.1) is 0 Å². The maximum atomic E-state index is 12.2. The van der Waals surface area contributed by atoms with Gasteiger partial charge in [-0.25, -0.2) is 0 Å². The molecule has 0 bridgehead atoms. The molecule has 1 aliphatic carbocycles. The van der Waals surface area contributed by atoms with Crippen molar-refractivity contribution in [2.45, 2.75) is 52.6 Å². The Balaban J connectivity index is 1.99. The Morgan fingerprint density at radius 2 is 1.91 bits per heavy atom. The number of para-hydroxylation sites is 1. The van der Waals surface area contributed by atoms with Crippen molar-refractivity contribution >= 4 is 11.5 Å². The first-order valence-electron chi connectivity index (χ1n) is 7.95. The van der Waals surface area contributed by atoms with Gasteiger partial charge in [0.25, 0.3) is 0 Å². The highest BCUT2D eigenvalue weighted by molar-refractivity contribution is 6.01. The maximum Gasteiger partial charge on any atom is 0.175 e. The van der Waals surface area contributed by atoms with E-state index < -0.39 is 0 Å². The molecule has 0 atom stereocenters. The van der Waals surface area contributed by atoms with Gasteiger partial charge in [-0.2, -0.15) is 5.26 Å². The van der Waals surface area contributed by atoms with Gasteiger partial charge in [0.1, 0.15) is 23.0 Å². The van der Waals surface area contributed by atoms with Gasteiger partial charge in [0.2, 0.25) is 0 Å². The minimum absolute atomic E-state index is 0.0833. The lowest BCUT2D eigenvalue weighted by Gasteiger charge is -2.31. The van der Waals surface area contributed by atoms with E-state index in [1.165, 1.54) is 0 Å². The third-order valence-electron chi connectivity index (χ3n) is 4.36. The lowest BCUT2D eigenvalue weighted by molar-refractivity contribution is -0.117. The first kappa shape index (κ1) is 15.6. The van der Waals surface area contributed by atoms with Crippen LogP contribution in [-0.2, 0) is 11.2 Å². The van der Waals surface area contributed by atoms with E-state index >= 15 is 0 Å². The Hall–Kier alpha value is -2.28. The van der Waals surface area contributed by atoms with Gasteiger partial charge in [-0.3, -0.25) is 4.79 Å². The van der Waals surface area contributed by atoms with E-state index in [1.807, 2.05) is 12.1 Å². The zero-order valence-electron chi connectivity index (χ0n) is 14.1. The molecule has 0 aromatic heterocycles. The van der Waals surface area contributed by atoms with Gasteiger partial charge in [-0.05, 0) is 31.7 Å². The molecule has 1 aromatic rings. The van der Waals surface area contributed by atoms with Crippen LogP contribution in [0.4, 0.5) is 5.69 Å². The van der Waals surface area contributed by atoms with E-state index in [9.17, 15) is 10.1 Å². The molecular formula is C19H22N2O2. The molecule has 0 unspecified atom stereocenters. The maximum absolute atomic E-state index is 12.2. The van der Waals surface area contributed by atoms with E-state index in [0.29, 0.717) is 18.5 Å². The first-order chi connectivity index (χ1) is 10.7. The minimum atomic E-state index is -0.228. The smallest absolute Gasteiger partial charge is 0.175 e. The summed E-state index contributed by atoms with van der Waals surface area (Å²) in [5.74, 6) is 0.748. The molecule has 0 fully saturated rings. The first-order valence-corrected chi connectivity index (χ1v) is 7.95. The number of nitriles is 1. The summed E-state index contributed by atoms with van der Waals surface area (Å²) in [4.78, 5) is 12.2. The second kappa shape index (κ2) is 5.13. The summed E-state index contributed by atoms with van der Waals surface area (Å²) in [6.07, 6.45) is 1.94. The predicted octanol–water partition coefficient (Wildman–Crippen LogP) is 3.98. The van der Waals surface area contributed by atoms with Crippen LogP contribution >= 0.6 is 0 Å². The van der Waals surface area contributed by atoms with Gasteiger partial charge in [0, 0.05) is 24.1 Å². The number of ketones is 1. The van der Waals surface area contributed by atoms with E-state index in [0.717, 1.165) is 23.4 Å². The molecule has 4 nitrogen and oxygen atoms in total. The molecule has 0 saturated heterocycles. The molecule has 1 heterocycles. The molecule has 0 amide bonds. The molecule has 3 rings (SSSR count). The molecule has 1 aromatic carbocycles. The average molecular weight is 310 g/mol. The Morgan fingerprint density at radius 3 is 2.61 bits per heavy atom. The Bertz CT molecular complexity index is 751. The molecule has 0 radical (unpaired) electrons. The van der Waals surface area contributed by atoms with Gasteiger partial charge in [-0.1, -0.05) is 26.0 Å². The van der Waals surface area contributed by atoms with Crippen molar-refractivity contribution in [2.75, 3.05) is 5.32 Å². The predicted molar refractivity (Wildman–Crippen MR) is 89.1 cm³/mol. The molecule has 2 aliphatic rings. The monoisotopic (exact) mass is 310 g/mol. The van der Waals surface area contributed by atoms with Crippen LogP contribution in [0.3, 0.4) is 0 Å². The highest BCUT2D eigenvalue weighted by atomic mass is 16.5. The second-order valence-corrected chi connectivity index (χ2v) is 7.86. The van der Waals surface area contributed by atoms with E-state index in [2.05, 4.69) is 45.1 Å². The number of carbonyl (C=O) groups is 1. The van der Waals surface area contributed by atoms with Crippen molar-refractivity contribution < 1.29 is 9.53 Å². The van der Waals surface area contributed by atoms with Crippen LogP contribution in [0.25, 0.3) is 0 Å². The van der Waals surface area contributed by atoms with Crippen molar-refractivity contribution in [3.05, 3.63) is 35.0 Å². The van der Waals surface area contributed by atoms with Crippen LogP contribution in [0, 0.1) is 16.7 Å². The number of nitrogens with zero attached hydrogens (tertiary/aromatic N) is 1. The Labute approximate surface area is 137 Å². The highest BCUT2D eigenvalue weighted by Gasteiger charge is 2.35. The fourth-order valence-electron chi connectivity index (χ4n) is 3.43.